The van der Waals surface area contributed by atoms with Crippen LogP contribution < -0.4 is 10.1 Å². The predicted octanol–water partition coefficient (Wildman–Crippen LogP) is 3.72. The molecule has 1 amide bonds. The fourth-order valence-corrected chi connectivity index (χ4v) is 5.61. The number of carbonyl (C=O) groups excluding carboxylic acids is 1. The maximum atomic E-state index is 13.9. The number of nitrogens with one attached hydrogen (secondary N) is 1. The SMILES string of the molecule is CC(C)Oc1cnc2c(c1)CN(C(=O)C1(C(C)C)CCC(NC3CCOCC3)C1)CC2. The van der Waals surface area contributed by atoms with E-state index in [0.717, 1.165) is 75.3 Å². The molecular weight excluding hydrogens is 390 g/mol. The van der Waals surface area contributed by atoms with Gasteiger partial charge in [-0.3, -0.25) is 9.78 Å². The Bertz CT molecular complexity index is 775. The van der Waals surface area contributed by atoms with Crippen molar-refractivity contribution in [2.45, 2.75) is 91.0 Å². The molecule has 2 aliphatic heterocycles. The summed E-state index contributed by atoms with van der Waals surface area (Å²) in [6.07, 6.45) is 7.91. The summed E-state index contributed by atoms with van der Waals surface area (Å²) in [5.74, 6) is 1.46. The molecule has 6 heteroatoms. The highest BCUT2D eigenvalue weighted by molar-refractivity contribution is 5.83. The molecule has 172 valence electrons. The van der Waals surface area contributed by atoms with Crippen LogP contribution >= 0.6 is 0 Å². The molecule has 2 atom stereocenters. The van der Waals surface area contributed by atoms with Gasteiger partial charge in [-0.25, -0.2) is 0 Å². The third kappa shape index (κ3) is 4.90. The van der Waals surface area contributed by atoms with Crippen molar-refractivity contribution in [3.05, 3.63) is 23.5 Å². The zero-order chi connectivity index (χ0) is 22.0. The number of nitrogens with zero attached hydrogens (tertiary/aromatic N) is 2. The molecule has 2 unspecified atom stereocenters. The van der Waals surface area contributed by atoms with Gasteiger partial charge in [0, 0.05) is 50.5 Å². The third-order valence-electron chi connectivity index (χ3n) is 7.45. The maximum absolute atomic E-state index is 13.9. The Morgan fingerprint density at radius 2 is 2.00 bits per heavy atom. The molecular formula is C25H39N3O3. The van der Waals surface area contributed by atoms with E-state index in [4.69, 9.17) is 9.47 Å². The lowest BCUT2D eigenvalue weighted by molar-refractivity contribution is -0.146. The highest BCUT2D eigenvalue weighted by atomic mass is 16.5. The summed E-state index contributed by atoms with van der Waals surface area (Å²) in [7, 11) is 0. The van der Waals surface area contributed by atoms with Crippen LogP contribution in [-0.4, -0.2) is 53.7 Å². The lowest BCUT2D eigenvalue weighted by Gasteiger charge is -2.39. The van der Waals surface area contributed by atoms with Gasteiger partial charge in [0.15, 0.2) is 0 Å². The standard InChI is InChI=1S/C25H39N3O3/c1-17(2)25(9-5-21(14-25)27-20-7-11-30-12-8-20)24(29)28-10-6-23-19(16-28)13-22(15-26-23)31-18(3)4/h13,15,17-18,20-21,27H,5-12,14,16H2,1-4H3. The molecule has 1 aromatic rings. The van der Waals surface area contributed by atoms with E-state index in [9.17, 15) is 4.79 Å². The van der Waals surface area contributed by atoms with Gasteiger partial charge in [-0.15, -0.1) is 0 Å². The van der Waals surface area contributed by atoms with Gasteiger partial charge >= 0.3 is 0 Å². The predicted molar refractivity (Wildman–Crippen MR) is 121 cm³/mol. The third-order valence-corrected chi connectivity index (χ3v) is 7.45. The largest absolute Gasteiger partial charge is 0.489 e. The highest BCUT2D eigenvalue weighted by Gasteiger charge is 2.49. The first-order valence-corrected chi connectivity index (χ1v) is 12.1. The average Bonchev–Trinajstić information content (AvgIpc) is 3.18. The van der Waals surface area contributed by atoms with Crippen molar-refractivity contribution in [1.82, 2.24) is 15.2 Å². The van der Waals surface area contributed by atoms with Crippen LogP contribution in [-0.2, 0) is 22.5 Å². The number of pyridine rings is 1. The van der Waals surface area contributed by atoms with Crippen molar-refractivity contribution in [1.29, 1.82) is 0 Å². The number of hydrogen-bond donors (Lipinski definition) is 1. The first-order chi connectivity index (χ1) is 14.9. The van der Waals surface area contributed by atoms with Crippen molar-refractivity contribution >= 4 is 5.91 Å². The van der Waals surface area contributed by atoms with Gasteiger partial charge < -0.3 is 19.7 Å². The lowest BCUT2D eigenvalue weighted by Crippen LogP contribution is -2.49. The summed E-state index contributed by atoms with van der Waals surface area (Å²) in [6, 6.07) is 3.04. The van der Waals surface area contributed by atoms with E-state index >= 15 is 0 Å². The molecule has 0 bridgehead atoms. The molecule has 1 aliphatic carbocycles. The topological polar surface area (TPSA) is 63.7 Å². The molecule has 1 aromatic heterocycles. The Labute approximate surface area is 187 Å². The Morgan fingerprint density at radius 3 is 2.71 bits per heavy atom. The quantitative estimate of drug-likeness (QED) is 0.747. The van der Waals surface area contributed by atoms with Crippen molar-refractivity contribution in [3.8, 4) is 5.75 Å². The summed E-state index contributed by atoms with van der Waals surface area (Å²) in [5, 5.41) is 3.85. The van der Waals surface area contributed by atoms with Gasteiger partial charge in [-0.2, -0.15) is 0 Å². The Hall–Kier alpha value is -1.66. The van der Waals surface area contributed by atoms with E-state index in [1.165, 1.54) is 0 Å². The second kappa shape index (κ2) is 9.45. The molecule has 0 radical (unpaired) electrons. The van der Waals surface area contributed by atoms with Crippen LogP contribution in [0.4, 0.5) is 0 Å². The molecule has 0 aromatic carbocycles. The maximum Gasteiger partial charge on any atom is 0.229 e. The van der Waals surface area contributed by atoms with Gasteiger partial charge in [0.05, 0.1) is 17.7 Å². The van der Waals surface area contributed by atoms with Gasteiger partial charge in [0.1, 0.15) is 5.75 Å². The average molecular weight is 430 g/mol. The van der Waals surface area contributed by atoms with Crippen molar-refractivity contribution in [2.24, 2.45) is 11.3 Å². The minimum absolute atomic E-state index is 0.115. The number of carbonyl (C=O) groups is 1. The first-order valence-electron chi connectivity index (χ1n) is 12.1. The monoisotopic (exact) mass is 429 g/mol. The van der Waals surface area contributed by atoms with Crippen LogP contribution in [0.25, 0.3) is 0 Å². The zero-order valence-corrected chi connectivity index (χ0v) is 19.7. The van der Waals surface area contributed by atoms with Crippen LogP contribution in [0, 0.1) is 11.3 Å². The highest BCUT2D eigenvalue weighted by Crippen LogP contribution is 2.46. The molecule has 3 heterocycles. The first kappa shape index (κ1) is 22.5. The van der Waals surface area contributed by atoms with Crippen molar-refractivity contribution < 1.29 is 14.3 Å². The van der Waals surface area contributed by atoms with Crippen LogP contribution in [0.5, 0.6) is 5.75 Å². The summed E-state index contributed by atoms with van der Waals surface area (Å²) < 4.78 is 11.3. The normalized spacial score (nSPS) is 27.0. The number of amides is 1. The molecule has 1 saturated carbocycles. The molecule has 31 heavy (non-hydrogen) atoms. The molecule has 1 saturated heterocycles. The number of hydrogen-bond acceptors (Lipinski definition) is 5. The molecule has 6 nitrogen and oxygen atoms in total. The fourth-order valence-electron chi connectivity index (χ4n) is 5.61. The van der Waals surface area contributed by atoms with E-state index in [1.807, 2.05) is 20.0 Å². The zero-order valence-electron chi connectivity index (χ0n) is 19.7. The second-order valence-electron chi connectivity index (χ2n) is 10.2. The van der Waals surface area contributed by atoms with Crippen LogP contribution in [0.15, 0.2) is 12.3 Å². The van der Waals surface area contributed by atoms with E-state index < -0.39 is 0 Å². The summed E-state index contributed by atoms with van der Waals surface area (Å²) in [5.41, 5.74) is 1.97. The van der Waals surface area contributed by atoms with Gasteiger partial charge in [-0.05, 0) is 63.5 Å². The van der Waals surface area contributed by atoms with Crippen molar-refractivity contribution in [2.75, 3.05) is 19.8 Å². The minimum atomic E-state index is -0.264. The van der Waals surface area contributed by atoms with Gasteiger partial charge in [-0.1, -0.05) is 13.8 Å². The van der Waals surface area contributed by atoms with Crippen molar-refractivity contribution in [3.63, 3.8) is 0 Å². The van der Waals surface area contributed by atoms with Gasteiger partial charge in [0.25, 0.3) is 0 Å². The summed E-state index contributed by atoms with van der Waals surface area (Å²) in [6.45, 7) is 11.6. The molecule has 2 fully saturated rings. The minimum Gasteiger partial charge on any atom is -0.489 e. The number of aromatic nitrogens is 1. The van der Waals surface area contributed by atoms with E-state index in [2.05, 4.69) is 35.1 Å². The Morgan fingerprint density at radius 1 is 1.23 bits per heavy atom. The Balaban J connectivity index is 1.45. The molecule has 1 N–H and O–H groups in total. The van der Waals surface area contributed by atoms with Crippen LogP contribution in [0.2, 0.25) is 0 Å². The number of rotatable bonds is 6. The molecule has 3 aliphatic rings. The second-order valence-corrected chi connectivity index (χ2v) is 10.2. The fraction of sp³-hybridized carbons (Fsp3) is 0.760. The van der Waals surface area contributed by atoms with E-state index in [0.29, 0.717) is 30.5 Å². The van der Waals surface area contributed by atoms with E-state index in [-0.39, 0.29) is 11.5 Å². The summed E-state index contributed by atoms with van der Waals surface area (Å²) in [4.78, 5) is 20.6. The molecule has 0 spiro atoms. The van der Waals surface area contributed by atoms with Crippen LogP contribution in [0.3, 0.4) is 0 Å². The summed E-state index contributed by atoms with van der Waals surface area (Å²) >= 11 is 0. The van der Waals surface area contributed by atoms with Gasteiger partial charge in [0.2, 0.25) is 5.91 Å². The number of fused-ring (bicyclic) bond motifs is 1. The smallest absolute Gasteiger partial charge is 0.229 e. The molecule has 4 rings (SSSR count). The van der Waals surface area contributed by atoms with Crippen LogP contribution in [0.1, 0.15) is 71.1 Å². The lowest BCUT2D eigenvalue weighted by atomic mass is 9.74. The number of ether oxygens (including phenoxy) is 2. The Kier molecular flexibility index (Phi) is 6.87. The van der Waals surface area contributed by atoms with E-state index in [1.54, 1.807) is 0 Å².